The molecule has 0 unspecified atom stereocenters. The summed E-state index contributed by atoms with van der Waals surface area (Å²) in [5, 5.41) is 11.4. The molecule has 3 rings (SSSR count). The molecule has 21 heavy (non-hydrogen) atoms. The van der Waals surface area contributed by atoms with E-state index in [4.69, 9.17) is 4.52 Å². The van der Waals surface area contributed by atoms with Crippen LogP contribution in [0.4, 0.5) is 5.82 Å². The molecule has 0 radical (unpaired) electrons. The molecule has 0 saturated heterocycles. The van der Waals surface area contributed by atoms with Gasteiger partial charge in [0.15, 0.2) is 0 Å². The minimum absolute atomic E-state index is 0.00139. The molecule has 6 nitrogen and oxygen atoms in total. The largest absolute Gasteiger partial charge is 0.361 e. The molecule has 2 aromatic rings. The Morgan fingerprint density at radius 3 is 2.67 bits per heavy atom. The van der Waals surface area contributed by atoms with Crippen molar-refractivity contribution in [2.75, 3.05) is 5.32 Å². The third kappa shape index (κ3) is 2.14. The number of fused-ring (bicyclic) bond motifs is 1. The Morgan fingerprint density at radius 2 is 2.10 bits per heavy atom. The van der Waals surface area contributed by atoms with Gasteiger partial charge in [-0.15, -0.1) is 0 Å². The third-order valence-corrected chi connectivity index (χ3v) is 3.89. The van der Waals surface area contributed by atoms with Crippen LogP contribution in [0.1, 0.15) is 55.7 Å². The summed E-state index contributed by atoms with van der Waals surface area (Å²) in [5.74, 6) is 1.50. The topological polar surface area (TPSA) is 73.0 Å². The van der Waals surface area contributed by atoms with Gasteiger partial charge in [0.1, 0.15) is 11.6 Å². The van der Waals surface area contributed by atoms with Crippen molar-refractivity contribution in [3.8, 4) is 0 Å². The number of nitrogens with one attached hydrogen (secondary N) is 1. The first-order valence-corrected chi connectivity index (χ1v) is 7.10. The van der Waals surface area contributed by atoms with Crippen LogP contribution in [0.5, 0.6) is 0 Å². The highest BCUT2D eigenvalue weighted by Gasteiger charge is 2.35. The summed E-state index contributed by atoms with van der Waals surface area (Å²) in [6.07, 6.45) is 2.24. The molecule has 2 aromatic heterocycles. The molecule has 0 fully saturated rings. The van der Waals surface area contributed by atoms with Crippen molar-refractivity contribution in [3.05, 3.63) is 28.8 Å². The molecule has 1 aliphatic rings. The molecule has 0 aliphatic carbocycles. The first kappa shape index (κ1) is 13.9. The van der Waals surface area contributed by atoms with E-state index in [-0.39, 0.29) is 17.4 Å². The molecule has 0 saturated carbocycles. The van der Waals surface area contributed by atoms with Crippen LogP contribution in [0.25, 0.3) is 0 Å². The van der Waals surface area contributed by atoms with Crippen LogP contribution in [0.2, 0.25) is 0 Å². The van der Waals surface area contributed by atoms with Gasteiger partial charge >= 0.3 is 0 Å². The van der Waals surface area contributed by atoms with Gasteiger partial charge in [-0.25, -0.2) is 4.68 Å². The van der Waals surface area contributed by atoms with E-state index in [0.717, 1.165) is 28.4 Å². The monoisotopic (exact) mass is 288 g/mol. The fourth-order valence-corrected chi connectivity index (χ4v) is 2.97. The maximum Gasteiger partial charge on any atom is 0.226 e. The molecule has 1 N–H and O–H groups in total. The van der Waals surface area contributed by atoms with Crippen molar-refractivity contribution < 1.29 is 9.32 Å². The summed E-state index contributed by atoms with van der Waals surface area (Å²) >= 11 is 0. The number of nitrogens with zero attached hydrogens (tertiary/aromatic N) is 3. The van der Waals surface area contributed by atoms with Crippen molar-refractivity contribution >= 4 is 11.7 Å². The lowest BCUT2D eigenvalue weighted by atomic mass is 9.86. The fraction of sp³-hybridized carbons (Fsp3) is 0.533. The van der Waals surface area contributed by atoms with Gasteiger partial charge in [-0.2, -0.15) is 5.10 Å². The van der Waals surface area contributed by atoms with Gasteiger partial charge < -0.3 is 9.84 Å². The summed E-state index contributed by atoms with van der Waals surface area (Å²) < 4.78 is 7.13. The molecule has 3 heterocycles. The average molecular weight is 288 g/mol. The highest BCUT2D eigenvalue weighted by Crippen LogP contribution is 2.40. The quantitative estimate of drug-likeness (QED) is 0.875. The number of hydrogen-bond donors (Lipinski definition) is 1. The van der Waals surface area contributed by atoms with Gasteiger partial charge in [-0.05, 0) is 34.6 Å². The van der Waals surface area contributed by atoms with Gasteiger partial charge in [-0.3, -0.25) is 4.79 Å². The number of carbonyl (C=O) groups is 1. The van der Waals surface area contributed by atoms with Gasteiger partial charge in [0.25, 0.3) is 0 Å². The molecule has 1 amide bonds. The molecule has 0 bridgehead atoms. The van der Waals surface area contributed by atoms with E-state index in [1.54, 1.807) is 0 Å². The summed E-state index contributed by atoms with van der Waals surface area (Å²) in [6.45, 7) is 9.98. The van der Waals surface area contributed by atoms with E-state index in [0.29, 0.717) is 6.42 Å². The van der Waals surface area contributed by atoms with E-state index < -0.39 is 0 Å². The predicted octanol–water partition coefficient (Wildman–Crippen LogP) is 2.72. The SMILES string of the molecule is Cc1noc(C)c1[C@H]1CC(=O)Nc2c1cnn2C(C)(C)C. The van der Waals surface area contributed by atoms with Crippen molar-refractivity contribution in [2.45, 2.75) is 52.5 Å². The van der Waals surface area contributed by atoms with Crippen LogP contribution in [-0.4, -0.2) is 20.8 Å². The Labute approximate surface area is 123 Å². The van der Waals surface area contributed by atoms with Crippen LogP contribution in [0.3, 0.4) is 0 Å². The van der Waals surface area contributed by atoms with Gasteiger partial charge in [0.05, 0.1) is 17.4 Å². The normalized spacial score (nSPS) is 18.5. The van der Waals surface area contributed by atoms with Crippen molar-refractivity contribution in [1.29, 1.82) is 0 Å². The minimum Gasteiger partial charge on any atom is -0.361 e. The van der Waals surface area contributed by atoms with Crippen LogP contribution in [0.15, 0.2) is 10.7 Å². The fourth-order valence-electron chi connectivity index (χ4n) is 2.97. The summed E-state index contributed by atoms with van der Waals surface area (Å²) in [6, 6.07) is 0. The lowest BCUT2D eigenvalue weighted by molar-refractivity contribution is -0.116. The van der Waals surface area contributed by atoms with Crippen LogP contribution < -0.4 is 5.32 Å². The van der Waals surface area contributed by atoms with E-state index in [1.165, 1.54) is 0 Å². The van der Waals surface area contributed by atoms with Crippen LogP contribution in [0, 0.1) is 13.8 Å². The number of rotatable bonds is 1. The number of anilines is 1. The van der Waals surface area contributed by atoms with Crippen molar-refractivity contribution in [1.82, 2.24) is 14.9 Å². The zero-order valence-corrected chi connectivity index (χ0v) is 13.0. The second kappa shape index (κ2) is 4.44. The predicted molar refractivity (Wildman–Crippen MR) is 78.3 cm³/mol. The first-order chi connectivity index (χ1) is 9.79. The van der Waals surface area contributed by atoms with Crippen molar-refractivity contribution in [3.63, 3.8) is 0 Å². The second-order valence-corrected chi connectivity index (χ2v) is 6.57. The zero-order valence-electron chi connectivity index (χ0n) is 13.0. The first-order valence-electron chi connectivity index (χ1n) is 7.10. The Bertz CT molecular complexity index is 686. The number of aryl methyl sites for hydroxylation is 2. The van der Waals surface area contributed by atoms with Gasteiger partial charge in [0, 0.05) is 23.5 Å². The number of aromatic nitrogens is 3. The van der Waals surface area contributed by atoms with Crippen LogP contribution in [-0.2, 0) is 10.3 Å². The van der Waals surface area contributed by atoms with Crippen molar-refractivity contribution in [2.24, 2.45) is 0 Å². The lowest BCUT2D eigenvalue weighted by Crippen LogP contribution is -2.30. The smallest absolute Gasteiger partial charge is 0.226 e. The Morgan fingerprint density at radius 1 is 1.38 bits per heavy atom. The van der Waals surface area contributed by atoms with E-state index in [9.17, 15) is 4.79 Å². The Kier molecular flexibility index (Phi) is 2.93. The van der Waals surface area contributed by atoms with E-state index in [2.05, 4.69) is 36.3 Å². The number of amides is 1. The summed E-state index contributed by atoms with van der Waals surface area (Å²) in [7, 11) is 0. The van der Waals surface area contributed by atoms with E-state index >= 15 is 0 Å². The second-order valence-electron chi connectivity index (χ2n) is 6.57. The van der Waals surface area contributed by atoms with E-state index in [1.807, 2.05) is 24.7 Å². The average Bonchev–Trinajstić information content (AvgIpc) is 2.92. The highest BCUT2D eigenvalue weighted by molar-refractivity contribution is 5.94. The number of carbonyl (C=O) groups excluding carboxylic acids is 1. The van der Waals surface area contributed by atoms with Gasteiger partial charge in [0.2, 0.25) is 5.91 Å². The molecule has 112 valence electrons. The summed E-state index contributed by atoms with van der Waals surface area (Å²) in [4.78, 5) is 12.1. The molecular formula is C15H20N4O2. The Balaban J connectivity index is 2.16. The highest BCUT2D eigenvalue weighted by atomic mass is 16.5. The molecule has 0 aromatic carbocycles. The molecule has 1 aliphatic heterocycles. The summed E-state index contributed by atoms with van der Waals surface area (Å²) in [5.41, 5.74) is 2.67. The maximum atomic E-state index is 12.1. The zero-order chi connectivity index (χ0) is 15.4. The van der Waals surface area contributed by atoms with Gasteiger partial charge in [-0.1, -0.05) is 5.16 Å². The number of hydrogen-bond acceptors (Lipinski definition) is 4. The lowest BCUT2D eigenvalue weighted by Gasteiger charge is -2.27. The standard InChI is InChI=1S/C15H20N4O2/c1-8-13(9(2)21-18-8)10-6-12(20)17-14-11(10)7-16-19(14)15(3,4)5/h7,10H,6H2,1-5H3,(H,17,20)/t10-/m0/s1. The third-order valence-electron chi connectivity index (χ3n) is 3.89. The maximum absolute atomic E-state index is 12.1. The molecule has 1 atom stereocenters. The minimum atomic E-state index is -0.193. The molecular weight excluding hydrogens is 268 g/mol. The Hall–Kier alpha value is -2.11. The molecule has 6 heteroatoms. The molecule has 0 spiro atoms. The van der Waals surface area contributed by atoms with Crippen LogP contribution >= 0.6 is 0 Å².